The molecule has 1 aromatic heterocycles. The van der Waals surface area contributed by atoms with E-state index in [9.17, 15) is 0 Å². The van der Waals surface area contributed by atoms with Gasteiger partial charge in [-0.05, 0) is 11.5 Å². The summed E-state index contributed by atoms with van der Waals surface area (Å²) in [7, 11) is 0. The fourth-order valence-corrected chi connectivity index (χ4v) is 0.741. The normalized spacial score (nSPS) is 9.14. The van der Waals surface area contributed by atoms with Crippen LogP contribution in [0.1, 0.15) is 0 Å². The van der Waals surface area contributed by atoms with Crippen molar-refractivity contribution in [1.29, 1.82) is 0 Å². The third-order valence-corrected chi connectivity index (χ3v) is 1.18. The smallest absolute Gasteiger partial charge is 0.139 e. The summed E-state index contributed by atoms with van der Waals surface area (Å²) < 4.78 is 3.71. The Kier molecular flexibility index (Phi) is 0.867. The van der Waals surface area contributed by atoms with Gasteiger partial charge in [-0.15, -0.1) is 0 Å². The first-order valence-corrected chi connectivity index (χ1v) is 2.54. The highest BCUT2D eigenvalue weighted by Gasteiger charge is 1.87. The summed E-state index contributed by atoms with van der Waals surface area (Å²) in [4.78, 5) is 0. The zero-order valence-corrected chi connectivity index (χ0v) is 4.40. The van der Waals surface area contributed by atoms with Crippen molar-refractivity contribution in [1.82, 2.24) is 4.37 Å². The molecule has 0 spiro atoms. The van der Waals surface area contributed by atoms with Crippen molar-refractivity contribution < 1.29 is 0 Å². The molecule has 1 aromatic rings. The van der Waals surface area contributed by atoms with Crippen LogP contribution < -0.4 is 11.5 Å². The Balaban J connectivity index is 3.04. The number of hydrogen-bond acceptors (Lipinski definition) is 4. The predicted octanol–water partition coefficient (Wildman–Crippen LogP) is 0.308. The fraction of sp³-hybridized carbons (Fsp3) is 0. The standard InChI is InChI=1S/C3H5N3S/c4-2-1-3(5)7-6-2/h1H,5H2,(H2,4,6). The minimum atomic E-state index is 0.502. The van der Waals surface area contributed by atoms with E-state index in [2.05, 4.69) is 4.37 Å². The number of nitrogens with zero attached hydrogens (tertiary/aromatic N) is 1. The number of aromatic nitrogens is 1. The molecular weight excluding hydrogens is 110 g/mol. The average Bonchev–Trinajstić information content (AvgIpc) is 1.87. The largest absolute Gasteiger partial charge is 0.389 e. The molecule has 0 aliphatic heterocycles. The van der Waals surface area contributed by atoms with Crippen LogP contribution in [0.5, 0.6) is 0 Å². The lowest BCUT2D eigenvalue weighted by atomic mass is 10.6. The lowest BCUT2D eigenvalue weighted by molar-refractivity contribution is 1.57. The van der Waals surface area contributed by atoms with Crippen molar-refractivity contribution in [2.45, 2.75) is 0 Å². The van der Waals surface area contributed by atoms with Crippen LogP contribution in [-0.2, 0) is 0 Å². The maximum atomic E-state index is 5.25. The number of rotatable bonds is 0. The van der Waals surface area contributed by atoms with Gasteiger partial charge in [0.2, 0.25) is 0 Å². The molecule has 0 atom stereocenters. The van der Waals surface area contributed by atoms with E-state index in [1.807, 2.05) is 0 Å². The van der Waals surface area contributed by atoms with Crippen molar-refractivity contribution in [3.05, 3.63) is 6.07 Å². The van der Waals surface area contributed by atoms with Gasteiger partial charge in [0.1, 0.15) is 10.8 Å². The molecule has 7 heavy (non-hydrogen) atoms. The maximum Gasteiger partial charge on any atom is 0.139 e. The summed E-state index contributed by atoms with van der Waals surface area (Å²) in [6.07, 6.45) is 0. The first-order chi connectivity index (χ1) is 3.29. The lowest BCUT2D eigenvalue weighted by Gasteiger charge is -1.69. The highest BCUT2D eigenvalue weighted by atomic mass is 32.1. The van der Waals surface area contributed by atoms with Crippen molar-refractivity contribution in [2.24, 2.45) is 0 Å². The van der Waals surface area contributed by atoms with Crippen LogP contribution in [0.25, 0.3) is 0 Å². The van der Waals surface area contributed by atoms with Crippen molar-refractivity contribution >= 4 is 22.4 Å². The molecule has 0 unspecified atom stereocenters. The Morgan fingerprint density at radius 1 is 1.57 bits per heavy atom. The monoisotopic (exact) mass is 115 g/mol. The van der Waals surface area contributed by atoms with E-state index in [0.29, 0.717) is 10.8 Å². The zero-order valence-electron chi connectivity index (χ0n) is 3.59. The molecule has 0 bridgehead atoms. The van der Waals surface area contributed by atoms with E-state index >= 15 is 0 Å². The van der Waals surface area contributed by atoms with Crippen LogP contribution >= 0.6 is 11.5 Å². The lowest BCUT2D eigenvalue weighted by Crippen LogP contribution is -1.80. The summed E-state index contributed by atoms with van der Waals surface area (Å²) in [6.45, 7) is 0. The molecule has 4 heteroatoms. The minimum Gasteiger partial charge on any atom is -0.389 e. The molecular formula is C3H5N3S. The first-order valence-electron chi connectivity index (χ1n) is 1.77. The van der Waals surface area contributed by atoms with Gasteiger partial charge in [0.25, 0.3) is 0 Å². The Morgan fingerprint density at radius 3 is 2.43 bits per heavy atom. The topological polar surface area (TPSA) is 64.9 Å². The molecule has 0 saturated carbocycles. The van der Waals surface area contributed by atoms with Gasteiger partial charge in [0.05, 0.1) is 0 Å². The Morgan fingerprint density at radius 2 is 2.29 bits per heavy atom. The fourth-order valence-electron chi connectivity index (χ4n) is 0.304. The molecule has 1 rings (SSSR count). The average molecular weight is 115 g/mol. The molecule has 0 aliphatic rings. The van der Waals surface area contributed by atoms with Crippen molar-refractivity contribution in [3.63, 3.8) is 0 Å². The number of nitrogen functional groups attached to an aromatic ring is 2. The Labute approximate surface area is 45.1 Å². The molecule has 0 amide bonds. The predicted molar refractivity (Wildman–Crippen MR) is 30.9 cm³/mol. The van der Waals surface area contributed by atoms with Gasteiger partial charge in [-0.25, -0.2) is 0 Å². The second-order valence-corrected chi connectivity index (χ2v) is 1.99. The third kappa shape index (κ3) is 0.806. The van der Waals surface area contributed by atoms with Crippen LogP contribution in [0.15, 0.2) is 6.07 Å². The summed E-state index contributed by atoms with van der Waals surface area (Å²) >= 11 is 1.21. The summed E-state index contributed by atoms with van der Waals surface area (Å²) in [5.74, 6) is 0.502. The molecule has 38 valence electrons. The van der Waals surface area contributed by atoms with Crippen LogP contribution in [0, 0.1) is 0 Å². The van der Waals surface area contributed by atoms with Gasteiger partial charge in [0, 0.05) is 6.07 Å². The van der Waals surface area contributed by atoms with Gasteiger partial charge in [-0.2, -0.15) is 4.37 Å². The van der Waals surface area contributed by atoms with Gasteiger partial charge in [-0.3, -0.25) is 0 Å². The van der Waals surface area contributed by atoms with E-state index in [4.69, 9.17) is 11.5 Å². The SMILES string of the molecule is Nc1cc(N)sn1. The molecule has 4 N–H and O–H groups in total. The van der Waals surface area contributed by atoms with Crippen LogP contribution in [0.2, 0.25) is 0 Å². The van der Waals surface area contributed by atoms with Crippen molar-refractivity contribution in [3.8, 4) is 0 Å². The van der Waals surface area contributed by atoms with Gasteiger partial charge < -0.3 is 11.5 Å². The molecule has 0 fully saturated rings. The second kappa shape index (κ2) is 1.38. The molecule has 3 nitrogen and oxygen atoms in total. The van der Waals surface area contributed by atoms with E-state index < -0.39 is 0 Å². The van der Waals surface area contributed by atoms with Crippen LogP contribution in [-0.4, -0.2) is 4.37 Å². The maximum absolute atomic E-state index is 5.25. The molecule has 0 aliphatic carbocycles. The van der Waals surface area contributed by atoms with Gasteiger partial charge >= 0.3 is 0 Å². The highest BCUT2D eigenvalue weighted by Crippen LogP contribution is 2.11. The summed E-state index contributed by atoms with van der Waals surface area (Å²) in [5, 5.41) is 0.664. The van der Waals surface area contributed by atoms with Gasteiger partial charge in [-0.1, -0.05) is 0 Å². The molecule has 0 aromatic carbocycles. The second-order valence-electron chi connectivity index (χ2n) is 1.15. The van der Waals surface area contributed by atoms with E-state index in [1.165, 1.54) is 11.5 Å². The molecule has 0 saturated heterocycles. The Bertz CT molecular complexity index is 142. The zero-order chi connectivity index (χ0) is 5.28. The summed E-state index contributed by atoms with van der Waals surface area (Å²) in [5.41, 5.74) is 10.5. The first kappa shape index (κ1) is 4.39. The van der Waals surface area contributed by atoms with Crippen LogP contribution in [0.3, 0.4) is 0 Å². The van der Waals surface area contributed by atoms with E-state index in [1.54, 1.807) is 6.07 Å². The third-order valence-electron chi connectivity index (χ3n) is 0.547. The van der Waals surface area contributed by atoms with Gasteiger partial charge in [0.15, 0.2) is 0 Å². The van der Waals surface area contributed by atoms with E-state index in [-0.39, 0.29) is 0 Å². The highest BCUT2D eigenvalue weighted by molar-refractivity contribution is 7.10. The van der Waals surface area contributed by atoms with E-state index in [0.717, 1.165) is 0 Å². The minimum absolute atomic E-state index is 0.502. The Hall–Kier alpha value is -0.770. The molecule has 0 radical (unpaired) electrons. The number of anilines is 2. The summed E-state index contributed by atoms with van der Waals surface area (Å²) in [6, 6.07) is 1.63. The van der Waals surface area contributed by atoms with Crippen molar-refractivity contribution in [2.75, 3.05) is 11.5 Å². The number of nitrogens with two attached hydrogens (primary N) is 2. The molecule has 1 heterocycles. The quantitative estimate of drug-likeness (QED) is 0.511. The van der Waals surface area contributed by atoms with Crippen LogP contribution in [0.4, 0.5) is 10.8 Å². The number of hydrogen-bond donors (Lipinski definition) is 2.